The fraction of sp³-hybridized carbons (Fsp3) is 0.462. The Morgan fingerprint density at radius 1 is 1.57 bits per heavy atom. The standard InChI is InChI=1S/C13H17N5O5/c1-2-3-13(9(21)8(20)6(4-19)23-13)18-5-15-7-10(18)16-12(14)17-11(7)22/h2,5-6,8-9,19-21H,1,3-4H2,(H3,14,16,17,22)/t6-,8-,9-,13-/m1/s1. The Morgan fingerprint density at radius 2 is 2.30 bits per heavy atom. The molecular formula is C13H17N5O5. The van der Waals surface area contributed by atoms with Crippen molar-refractivity contribution in [3.63, 3.8) is 0 Å². The summed E-state index contributed by atoms with van der Waals surface area (Å²) in [6, 6.07) is 0. The number of nitrogen functional groups attached to an aromatic ring is 1. The first-order chi connectivity index (χ1) is 10.9. The SMILES string of the molecule is C=CC[C@@]1(n2cnc3c(=O)[nH]c(N)nc32)O[C@H](CO)[C@@H](O)[C@H]1O. The molecule has 0 aromatic carbocycles. The number of anilines is 1. The lowest BCUT2D eigenvalue weighted by Crippen LogP contribution is -2.45. The average molecular weight is 323 g/mol. The van der Waals surface area contributed by atoms with Crippen LogP contribution in [0.1, 0.15) is 6.42 Å². The number of aromatic nitrogens is 4. The van der Waals surface area contributed by atoms with Crippen LogP contribution in [0.3, 0.4) is 0 Å². The summed E-state index contributed by atoms with van der Waals surface area (Å²) in [6.07, 6.45) is -0.874. The molecule has 0 radical (unpaired) electrons. The maximum Gasteiger partial charge on any atom is 0.280 e. The molecular weight excluding hydrogens is 306 g/mol. The van der Waals surface area contributed by atoms with Gasteiger partial charge >= 0.3 is 0 Å². The first-order valence-corrected chi connectivity index (χ1v) is 6.93. The molecule has 0 saturated carbocycles. The monoisotopic (exact) mass is 323 g/mol. The summed E-state index contributed by atoms with van der Waals surface area (Å²) in [4.78, 5) is 22.2. The molecule has 0 bridgehead atoms. The van der Waals surface area contributed by atoms with Gasteiger partial charge in [-0.05, 0) is 0 Å². The van der Waals surface area contributed by atoms with E-state index in [-0.39, 0.29) is 23.5 Å². The molecule has 3 rings (SSSR count). The fourth-order valence-corrected chi connectivity index (χ4v) is 2.89. The molecule has 23 heavy (non-hydrogen) atoms. The normalized spacial score (nSPS) is 30.8. The van der Waals surface area contributed by atoms with E-state index >= 15 is 0 Å². The number of nitrogens with two attached hydrogens (primary N) is 1. The maximum absolute atomic E-state index is 11.9. The molecule has 1 aliphatic rings. The molecule has 2 aromatic rings. The van der Waals surface area contributed by atoms with E-state index in [4.69, 9.17) is 10.5 Å². The van der Waals surface area contributed by atoms with Gasteiger partial charge in [-0.15, -0.1) is 6.58 Å². The van der Waals surface area contributed by atoms with E-state index in [1.165, 1.54) is 17.0 Å². The van der Waals surface area contributed by atoms with Crippen molar-refractivity contribution < 1.29 is 20.1 Å². The summed E-state index contributed by atoms with van der Waals surface area (Å²) in [5.41, 5.74) is 3.63. The molecule has 6 N–H and O–H groups in total. The second kappa shape index (κ2) is 5.42. The zero-order chi connectivity index (χ0) is 16.8. The van der Waals surface area contributed by atoms with Crippen LogP contribution in [0, 0.1) is 0 Å². The molecule has 124 valence electrons. The van der Waals surface area contributed by atoms with Crippen LogP contribution in [0.2, 0.25) is 0 Å². The lowest BCUT2D eigenvalue weighted by molar-refractivity contribution is -0.143. The Hall–Kier alpha value is -2.27. The molecule has 10 nitrogen and oxygen atoms in total. The number of aromatic amines is 1. The van der Waals surface area contributed by atoms with Gasteiger partial charge in [0.25, 0.3) is 5.56 Å². The third-order valence-corrected chi connectivity index (χ3v) is 3.97. The molecule has 10 heteroatoms. The van der Waals surface area contributed by atoms with Gasteiger partial charge in [0, 0.05) is 6.42 Å². The molecule has 0 aliphatic carbocycles. The van der Waals surface area contributed by atoms with Gasteiger partial charge in [0.1, 0.15) is 18.3 Å². The molecule has 1 saturated heterocycles. The lowest BCUT2D eigenvalue weighted by atomic mass is 9.99. The molecule has 1 fully saturated rings. The van der Waals surface area contributed by atoms with Gasteiger partial charge < -0.3 is 25.8 Å². The lowest BCUT2D eigenvalue weighted by Gasteiger charge is -2.32. The summed E-state index contributed by atoms with van der Waals surface area (Å²) in [7, 11) is 0. The first kappa shape index (κ1) is 15.6. The summed E-state index contributed by atoms with van der Waals surface area (Å²) in [5.74, 6) is -0.121. The third kappa shape index (κ3) is 2.15. The van der Waals surface area contributed by atoms with Gasteiger partial charge in [-0.1, -0.05) is 6.08 Å². The van der Waals surface area contributed by atoms with Gasteiger partial charge in [-0.25, -0.2) is 4.98 Å². The maximum atomic E-state index is 11.9. The number of nitrogens with zero attached hydrogens (tertiary/aromatic N) is 3. The number of ether oxygens (including phenoxy) is 1. The van der Waals surface area contributed by atoms with E-state index in [1.54, 1.807) is 0 Å². The van der Waals surface area contributed by atoms with Crippen molar-refractivity contribution in [2.45, 2.75) is 30.5 Å². The van der Waals surface area contributed by atoms with Crippen molar-refractivity contribution in [2.24, 2.45) is 0 Å². The van der Waals surface area contributed by atoms with Crippen LogP contribution in [-0.4, -0.2) is 59.8 Å². The predicted molar refractivity (Wildman–Crippen MR) is 79.3 cm³/mol. The van der Waals surface area contributed by atoms with Crippen LogP contribution < -0.4 is 11.3 Å². The van der Waals surface area contributed by atoms with Gasteiger partial charge in [0.15, 0.2) is 16.9 Å². The van der Waals surface area contributed by atoms with Crippen LogP contribution in [0.25, 0.3) is 11.2 Å². The average Bonchev–Trinajstić information content (AvgIpc) is 3.03. The molecule has 0 amide bonds. The molecule has 4 atom stereocenters. The van der Waals surface area contributed by atoms with Crippen molar-refractivity contribution in [1.29, 1.82) is 0 Å². The van der Waals surface area contributed by atoms with Crippen molar-refractivity contribution in [3.05, 3.63) is 29.3 Å². The molecule has 1 aliphatic heterocycles. The van der Waals surface area contributed by atoms with E-state index < -0.39 is 36.2 Å². The number of fused-ring (bicyclic) bond motifs is 1. The first-order valence-electron chi connectivity index (χ1n) is 6.93. The fourth-order valence-electron chi connectivity index (χ4n) is 2.89. The van der Waals surface area contributed by atoms with Gasteiger partial charge in [-0.2, -0.15) is 4.98 Å². The Bertz CT molecular complexity index is 802. The van der Waals surface area contributed by atoms with E-state index in [0.717, 1.165) is 0 Å². The molecule has 2 aromatic heterocycles. The Morgan fingerprint density at radius 3 is 2.91 bits per heavy atom. The number of H-pyrrole nitrogens is 1. The van der Waals surface area contributed by atoms with Crippen LogP contribution in [0.5, 0.6) is 0 Å². The number of hydrogen-bond donors (Lipinski definition) is 5. The van der Waals surface area contributed by atoms with Gasteiger partial charge in [-0.3, -0.25) is 14.3 Å². The number of imidazole rings is 1. The van der Waals surface area contributed by atoms with E-state index in [0.29, 0.717) is 0 Å². The van der Waals surface area contributed by atoms with Crippen LogP contribution >= 0.6 is 0 Å². The number of rotatable bonds is 4. The Labute approximate surface area is 129 Å². The second-order valence-corrected chi connectivity index (χ2v) is 5.35. The van der Waals surface area contributed by atoms with E-state index in [2.05, 4.69) is 21.5 Å². The third-order valence-electron chi connectivity index (χ3n) is 3.97. The summed E-state index contributed by atoms with van der Waals surface area (Å²) in [6.45, 7) is 3.14. The highest BCUT2D eigenvalue weighted by atomic mass is 16.6. The number of hydrogen-bond acceptors (Lipinski definition) is 8. The van der Waals surface area contributed by atoms with E-state index in [9.17, 15) is 20.1 Å². The largest absolute Gasteiger partial charge is 0.394 e. The number of aliphatic hydroxyl groups excluding tert-OH is 3. The second-order valence-electron chi connectivity index (χ2n) is 5.35. The molecule has 0 spiro atoms. The zero-order valence-corrected chi connectivity index (χ0v) is 12.1. The minimum Gasteiger partial charge on any atom is -0.394 e. The highest BCUT2D eigenvalue weighted by molar-refractivity contribution is 5.70. The minimum atomic E-state index is -1.50. The summed E-state index contributed by atoms with van der Waals surface area (Å²) in [5, 5.41) is 29.9. The molecule has 3 heterocycles. The van der Waals surface area contributed by atoms with Crippen LogP contribution in [0.4, 0.5) is 5.95 Å². The van der Waals surface area contributed by atoms with Gasteiger partial charge in [0.05, 0.1) is 12.9 Å². The van der Waals surface area contributed by atoms with Gasteiger partial charge in [0.2, 0.25) is 5.95 Å². The highest BCUT2D eigenvalue weighted by Gasteiger charge is 2.55. The smallest absolute Gasteiger partial charge is 0.280 e. The Kier molecular flexibility index (Phi) is 3.68. The van der Waals surface area contributed by atoms with Crippen molar-refractivity contribution in [2.75, 3.05) is 12.3 Å². The van der Waals surface area contributed by atoms with Crippen molar-refractivity contribution >= 4 is 17.1 Å². The predicted octanol–water partition coefficient (Wildman–Crippen LogP) is -1.96. The van der Waals surface area contributed by atoms with Crippen LogP contribution in [-0.2, 0) is 10.5 Å². The molecule has 0 unspecified atom stereocenters. The highest BCUT2D eigenvalue weighted by Crippen LogP contribution is 2.40. The van der Waals surface area contributed by atoms with Crippen LogP contribution in [0.15, 0.2) is 23.8 Å². The van der Waals surface area contributed by atoms with E-state index in [1.807, 2.05) is 0 Å². The number of nitrogens with one attached hydrogen (secondary N) is 1. The summed E-state index contributed by atoms with van der Waals surface area (Å²) < 4.78 is 7.04. The topological polar surface area (TPSA) is 160 Å². The van der Waals surface area contributed by atoms with Crippen molar-refractivity contribution in [1.82, 2.24) is 19.5 Å². The quantitative estimate of drug-likeness (QED) is 0.406. The summed E-state index contributed by atoms with van der Waals surface area (Å²) >= 11 is 0. The van der Waals surface area contributed by atoms with Crippen molar-refractivity contribution in [3.8, 4) is 0 Å². The minimum absolute atomic E-state index is 0.0142. The number of aliphatic hydroxyl groups is 3. The Balaban J connectivity index is 2.24. The zero-order valence-electron chi connectivity index (χ0n) is 12.1.